The van der Waals surface area contributed by atoms with Crippen molar-refractivity contribution in [3.05, 3.63) is 65.2 Å². The van der Waals surface area contributed by atoms with Gasteiger partial charge in [-0.05, 0) is 43.2 Å². The largest absolute Gasteiger partial charge is 0.496 e. The number of carbonyl (C=O) groups is 2. The maximum atomic E-state index is 12.4. The zero-order chi connectivity index (χ0) is 19.1. The topological polar surface area (TPSA) is 79.2 Å². The summed E-state index contributed by atoms with van der Waals surface area (Å²) < 4.78 is 5.21. The van der Waals surface area contributed by atoms with E-state index in [4.69, 9.17) is 4.74 Å². The van der Waals surface area contributed by atoms with Crippen LogP contribution in [0.2, 0.25) is 0 Å². The van der Waals surface area contributed by atoms with Crippen molar-refractivity contribution in [2.75, 3.05) is 12.4 Å². The molecule has 1 atom stereocenters. The number of hydrogen-bond acceptors (Lipinski definition) is 4. The molecule has 1 N–H and O–H groups in total. The second kappa shape index (κ2) is 8.63. The van der Waals surface area contributed by atoms with E-state index in [0.29, 0.717) is 17.0 Å². The Labute approximate surface area is 152 Å². The minimum Gasteiger partial charge on any atom is -0.496 e. The molecule has 0 saturated heterocycles. The number of ether oxygens (including phenoxy) is 1. The lowest BCUT2D eigenvalue weighted by atomic mass is 10.0. The summed E-state index contributed by atoms with van der Waals surface area (Å²) in [4.78, 5) is 24.7. The normalized spacial score (nSPS) is 11.6. The van der Waals surface area contributed by atoms with Crippen LogP contribution in [0.3, 0.4) is 0 Å². The minimum atomic E-state index is -1.42. The molecule has 0 bridgehead atoms. The summed E-state index contributed by atoms with van der Waals surface area (Å²) in [6.07, 6.45) is 2.77. The molecule has 1 amide bonds. The molecule has 0 aliphatic rings. The number of carbonyl (C=O) groups excluding carboxylic acids is 2. The van der Waals surface area contributed by atoms with E-state index < -0.39 is 17.6 Å². The highest BCUT2D eigenvalue weighted by atomic mass is 16.5. The molecule has 0 saturated carbocycles. The summed E-state index contributed by atoms with van der Waals surface area (Å²) in [7, 11) is 1.53. The minimum absolute atomic E-state index is 0.581. The van der Waals surface area contributed by atoms with E-state index in [9.17, 15) is 14.9 Å². The molecule has 132 valence electrons. The van der Waals surface area contributed by atoms with Crippen LogP contribution in [0.15, 0.2) is 48.5 Å². The molecule has 0 radical (unpaired) electrons. The SMILES string of the molecule is COc1ccccc1/C=C/C(=O)[C@H](C#N)C(=O)Nc1c(C)cccc1C. The van der Waals surface area contributed by atoms with E-state index in [1.807, 2.05) is 44.2 Å². The van der Waals surface area contributed by atoms with E-state index in [-0.39, 0.29) is 0 Å². The monoisotopic (exact) mass is 348 g/mol. The number of rotatable bonds is 6. The van der Waals surface area contributed by atoms with E-state index >= 15 is 0 Å². The highest BCUT2D eigenvalue weighted by molar-refractivity contribution is 6.14. The summed E-state index contributed by atoms with van der Waals surface area (Å²) in [5.41, 5.74) is 3.05. The van der Waals surface area contributed by atoms with E-state index in [1.54, 1.807) is 18.2 Å². The van der Waals surface area contributed by atoms with Crippen molar-refractivity contribution in [3.8, 4) is 11.8 Å². The lowest BCUT2D eigenvalue weighted by molar-refractivity contribution is -0.126. The van der Waals surface area contributed by atoms with Gasteiger partial charge in [0.1, 0.15) is 5.75 Å². The maximum absolute atomic E-state index is 12.4. The van der Waals surface area contributed by atoms with Gasteiger partial charge in [-0.2, -0.15) is 5.26 Å². The number of methoxy groups -OCH3 is 1. The molecule has 0 fully saturated rings. The Morgan fingerprint density at radius 3 is 2.38 bits per heavy atom. The fraction of sp³-hybridized carbons (Fsp3) is 0.190. The average molecular weight is 348 g/mol. The van der Waals surface area contributed by atoms with Crippen LogP contribution >= 0.6 is 0 Å². The number of nitriles is 1. The van der Waals surface area contributed by atoms with Gasteiger partial charge in [-0.3, -0.25) is 9.59 Å². The van der Waals surface area contributed by atoms with Gasteiger partial charge in [-0.1, -0.05) is 36.4 Å². The van der Waals surface area contributed by atoms with Crippen molar-refractivity contribution >= 4 is 23.5 Å². The molecular weight excluding hydrogens is 328 g/mol. The molecular formula is C21H20N2O3. The molecule has 26 heavy (non-hydrogen) atoms. The number of nitrogens with one attached hydrogen (secondary N) is 1. The van der Waals surface area contributed by atoms with Gasteiger partial charge >= 0.3 is 0 Å². The number of aryl methyl sites for hydroxylation is 2. The number of nitrogens with zero attached hydrogens (tertiary/aromatic N) is 1. The Bertz CT molecular complexity index is 874. The fourth-order valence-corrected chi connectivity index (χ4v) is 2.53. The Morgan fingerprint density at radius 2 is 1.77 bits per heavy atom. The quantitative estimate of drug-likeness (QED) is 0.638. The van der Waals surface area contributed by atoms with Crippen LogP contribution in [-0.2, 0) is 9.59 Å². The zero-order valence-electron chi connectivity index (χ0n) is 14.9. The summed E-state index contributed by atoms with van der Waals surface area (Å²) in [5.74, 6) is -2.04. The number of hydrogen-bond donors (Lipinski definition) is 1. The first kappa shape index (κ1) is 18.9. The molecule has 0 unspecified atom stereocenters. The molecule has 5 heteroatoms. The molecule has 2 aromatic carbocycles. The predicted octanol–water partition coefficient (Wildman–Crippen LogP) is 3.67. The van der Waals surface area contributed by atoms with Gasteiger partial charge in [-0.15, -0.1) is 0 Å². The summed E-state index contributed by atoms with van der Waals surface area (Å²) in [5, 5.41) is 12.0. The smallest absolute Gasteiger partial charge is 0.249 e. The number of benzene rings is 2. The van der Waals surface area contributed by atoms with Crippen LogP contribution in [-0.4, -0.2) is 18.8 Å². The van der Waals surface area contributed by atoms with Gasteiger partial charge in [0.25, 0.3) is 0 Å². The fourth-order valence-electron chi connectivity index (χ4n) is 2.53. The third kappa shape index (κ3) is 4.37. The molecule has 0 aliphatic carbocycles. The van der Waals surface area contributed by atoms with E-state index in [2.05, 4.69) is 5.32 Å². The van der Waals surface area contributed by atoms with Crippen LogP contribution < -0.4 is 10.1 Å². The third-order valence-corrected chi connectivity index (χ3v) is 3.97. The van der Waals surface area contributed by atoms with Gasteiger partial charge in [0.05, 0.1) is 13.2 Å². The standard InChI is InChI=1S/C21H20N2O3/c1-14-7-6-8-15(2)20(14)23-21(25)17(13-22)18(24)12-11-16-9-4-5-10-19(16)26-3/h4-12,17H,1-3H3,(H,23,25)/b12-11+/t17-/m0/s1. The average Bonchev–Trinajstić information content (AvgIpc) is 2.64. The molecule has 2 aromatic rings. The number of allylic oxidation sites excluding steroid dienone is 1. The lowest BCUT2D eigenvalue weighted by Gasteiger charge is -2.13. The Kier molecular flexibility index (Phi) is 6.29. The predicted molar refractivity (Wildman–Crippen MR) is 101 cm³/mol. The second-order valence-corrected chi connectivity index (χ2v) is 5.80. The molecule has 0 spiro atoms. The van der Waals surface area contributed by atoms with Gasteiger partial charge in [0, 0.05) is 11.3 Å². The zero-order valence-corrected chi connectivity index (χ0v) is 14.9. The van der Waals surface area contributed by atoms with E-state index in [1.165, 1.54) is 19.3 Å². The van der Waals surface area contributed by atoms with Crippen LogP contribution in [0.1, 0.15) is 16.7 Å². The highest BCUT2D eigenvalue weighted by Crippen LogP contribution is 2.21. The third-order valence-electron chi connectivity index (χ3n) is 3.97. The molecule has 2 rings (SSSR count). The van der Waals surface area contributed by atoms with Gasteiger partial charge in [0.15, 0.2) is 11.7 Å². The van der Waals surface area contributed by atoms with Crippen LogP contribution in [0.25, 0.3) is 6.08 Å². The number of amides is 1. The summed E-state index contributed by atoms with van der Waals surface area (Å²) in [6.45, 7) is 3.71. The van der Waals surface area contributed by atoms with Crippen molar-refractivity contribution in [1.82, 2.24) is 0 Å². The first-order chi connectivity index (χ1) is 12.5. The highest BCUT2D eigenvalue weighted by Gasteiger charge is 2.25. The van der Waals surface area contributed by atoms with Crippen LogP contribution in [0.5, 0.6) is 5.75 Å². The van der Waals surface area contributed by atoms with Gasteiger partial charge in [-0.25, -0.2) is 0 Å². The summed E-state index contributed by atoms with van der Waals surface area (Å²) >= 11 is 0. The first-order valence-corrected chi connectivity index (χ1v) is 8.09. The summed E-state index contributed by atoms with van der Waals surface area (Å²) in [6, 6.07) is 14.5. The number of ketones is 1. The Morgan fingerprint density at radius 1 is 1.12 bits per heavy atom. The Balaban J connectivity index is 2.17. The van der Waals surface area contributed by atoms with Crippen LogP contribution in [0.4, 0.5) is 5.69 Å². The van der Waals surface area contributed by atoms with Crippen molar-refractivity contribution < 1.29 is 14.3 Å². The number of anilines is 1. The van der Waals surface area contributed by atoms with Crippen molar-refractivity contribution in [3.63, 3.8) is 0 Å². The van der Waals surface area contributed by atoms with Crippen molar-refractivity contribution in [1.29, 1.82) is 5.26 Å². The lowest BCUT2D eigenvalue weighted by Crippen LogP contribution is -2.28. The molecule has 0 aromatic heterocycles. The molecule has 5 nitrogen and oxygen atoms in total. The van der Waals surface area contributed by atoms with Crippen molar-refractivity contribution in [2.24, 2.45) is 5.92 Å². The molecule has 0 aliphatic heterocycles. The van der Waals surface area contributed by atoms with E-state index in [0.717, 1.165) is 11.1 Å². The van der Waals surface area contributed by atoms with Crippen molar-refractivity contribution in [2.45, 2.75) is 13.8 Å². The first-order valence-electron chi connectivity index (χ1n) is 8.09. The molecule has 0 heterocycles. The number of para-hydroxylation sites is 2. The van der Waals surface area contributed by atoms with Gasteiger partial charge < -0.3 is 10.1 Å². The van der Waals surface area contributed by atoms with Crippen LogP contribution in [0, 0.1) is 31.1 Å². The second-order valence-electron chi connectivity index (χ2n) is 5.80. The Hall–Kier alpha value is -3.39. The maximum Gasteiger partial charge on any atom is 0.249 e. The van der Waals surface area contributed by atoms with Gasteiger partial charge in [0.2, 0.25) is 5.91 Å².